The van der Waals surface area contributed by atoms with E-state index in [4.69, 9.17) is 25.8 Å². The minimum Gasteiger partial charge on any atom is -0.493 e. The van der Waals surface area contributed by atoms with Gasteiger partial charge in [-0.2, -0.15) is 13.2 Å². The molecule has 2 aromatic rings. The maximum atomic E-state index is 12.6. The van der Waals surface area contributed by atoms with Crippen molar-refractivity contribution in [2.24, 2.45) is 0 Å². The summed E-state index contributed by atoms with van der Waals surface area (Å²) in [6, 6.07) is 8.46. The molecule has 1 aliphatic rings. The molecule has 0 aromatic heterocycles. The van der Waals surface area contributed by atoms with E-state index in [1.807, 2.05) is 12.1 Å². The lowest BCUT2D eigenvalue weighted by Gasteiger charge is -2.22. The van der Waals surface area contributed by atoms with Gasteiger partial charge in [0, 0.05) is 12.5 Å². The highest BCUT2D eigenvalue weighted by Gasteiger charge is 2.31. The molecule has 0 N–H and O–H groups in total. The van der Waals surface area contributed by atoms with Crippen LogP contribution in [0.1, 0.15) is 24.0 Å². The SMILES string of the molecule is O=CC1CCc2ccc(OCCCOc3ccc(C(F)(F)F)cc3Cl)cc2O1. The van der Waals surface area contributed by atoms with Crippen LogP contribution in [0.4, 0.5) is 13.2 Å². The number of carbonyl (C=O) groups excluding carboxylic acids is 1. The standard InChI is InChI=1S/C20H18ClF3O4/c21-17-10-14(20(22,23)24)4-7-18(17)27-9-1-8-26-15-5-2-13-3-6-16(12-25)28-19(13)11-15/h2,4-5,7,10-12,16H,1,3,6,8-9H2. The van der Waals surface area contributed by atoms with E-state index in [0.29, 0.717) is 30.9 Å². The van der Waals surface area contributed by atoms with E-state index in [1.165, 1.54) is 6.07 Å². The molecule has 150 valence electrons. The summed E-state index contributed by atoms with van der Waals surface area (Å²) in [6.07, 6.45) is -2.13. The lowest BCUT2D eigenvalue weighted by Crippen LogP contribution is -2.23. The van der Waals surface area contributed by atoms with Crippen LogP contribution in [0.25, 0.3) is 0 Å². The van der Waals surface area contributed by atoms with Crippen molar-refractivity contribution in [3.8, 4) is 17.2 Å². The number of hydrogen-bond donors (Lipinski definition) is 0. The number of fused-ring (bicyclic) bond motifs is 1. The molecule has 0 aliphatic carbocycles. The molecule has 4 nitrogen and oxygen atoms in total. The van der Waals surface area contributed by atoms with Crippen molar-refractivity contribution in [1.82, 2.24) is 0 Å². The number of halogens is 4. The molecule has 3 rings (SSSR count). The van der Waals surface area contributed by atoms with Gasteiger partial charge in [-0.3, -0.25) is 4.79 Å². The van der Waals surface area contributed by atoms with Crippen molar-refractivity contribution in [3.63, 3.8) is 0 Å². The van der Waals surface area contributed by atoms with Crippen LogP contribution in [0.3, 0.4) is 0 Å². The quantitative estimate of drug-likeness (QED) is 0.467. The van der Waals surface area contributed by atoms with Crippen molar-refractivity contribution < 1.29 is 32.2 Å². The number of benzene rings is 2. The summed E-state index contributed by atoms with van der Waals surface area (Å²) in [5.41, 5.74) is 0.213. The Hall–Kier alpha value is -2.41. The molecule has 1 atom stereocenters. The molecule has 0 fully saturated rings. The average Bonchev–Trinajstić information content (AvgIpc) is 2.67. The fraction of sp³-hybridized carbons (Fsp3) is 0.350. The van der Waals surface area contributed by atoms with Crippen LogP contribution < -0.4 is 14.2 Å². The maximum absolute atomic E-state index is 12.6. The summed E-state index contributed by atoms with van der Waals surface area (Å²) in [7, 11) is 0. The molecule has 28 heavy (non-hydrogen) atoms. The Labute approximate surface area is 165 Å². The molecule has 1 unspecified atom stereocenters. The van der Waals surface area contributed by atoms with Crippen LogP contribution in [0.15, 0.2) is 36.4 Å². The normalized spacial score (nSPS) is 16.1. The highest BCUT2D eigenvalue weighted by molar-refractivity contribution is 6.32. The van der Waals surface area contributed by atoms with Crippen molar-refractivity contribution in [3.05, 3.63) is 52.5 Å². The van der Waals surface area contributed by atoms with Crippen molar-refractivity contribution in [1.29, 1.82) is 0 Å². The summed E-state index contributed by atoms with van der Waals surface area (Å²) >= 11 is 5.84. The monoisotopic (exact) mass is 414 g/mol. The molecular weight excluding hydrogens is 397 g/mol. The van der Waals surface area contributed by atoms with Crippen LogP contribution >= 0.6 is 11.6 Å². The zero-order valence-corrected chi connectivity index (χ0v) is 15.6. The van der Waals surface area contributed by atoms with E-state index in [1.54, 1.807) is 6.07 Å². The largest absolute Gasteiger partial charge is 0.493 e. The van der Waals surface area contributed by atoms with Crippen LogP contribution in [0.2, 0.25) is 5.02 Å². The molecule has 0 spiro atoms. The highest BCUT2D eigenvalue weighted by atomic mass is 35.5. The third kappa shape index (κ3) is 5.10. The molecule has 1 aliphatic heterocycles. The van der Waals surface area contributed by atoms with Gasteiger partial charge in [-0.1, -0.05) is 17.7 Å². The van der Waals surface area contributed by atoms with E-state index < -0.39 is 17.8 Å². The topological polar surface area (TPSA) is 44.8 Å². The van der Waals surface area contributed by atoms with Crippen LogP contribution in [-0.4, -0.2) is 25.6 Å². The first kappa shape index (κ1) is 20.3. The van der Waals surface area contributed by atoms with Gasteiger partial charge in [0.25, 0.3) is 0 Å². The van der Waals surface area contributed by atoms with E-state index in [2.05, 4.69) is 0 Å². The van der Waals surface area contributed by atoms with Crippen LogP contribution in [0, 0.1) is 0 Å². The number of aryl methyl sites for hydroxylation is 1. The molecule has 0 radical (unpaired) electrons. The maximum Gasteiger partial charge on any atom is 0.416 e. The predicted octanol–water partition coefficient (Wildman–Crippen LogP) is 5.10. The molecule has 0 saturated carbocycles. The zero-order chi connectivity index (χ0) is 20.1. The molecule has 0 amide bonds. The molecular formula is C20H18ClF3O4. The summed E-state index contributed by atoms with van der Waals surface area (Å²) in [5, 5.41) is -0.0905. The van der Waals surface area contributed by atoms with E-state index in [9.17, 15) is 18.0 Å². The van der Waals surface area contributed by atoms with Gasteiger partial charge in [0.15, 0.2) is 12.4 Å². The van der Waals surface area contributed by atoms with Gasteiger partial charge in [-0.05, 0) is 42.7 Å². The van der Waals surface area contributed by atoms with E-state index >= 15 is 0 Å². The Kier molecular flexibility index (Phi) is 6.34. The van der Waals surface area contributed by atoms with Gasteiger partial charge < -0.3 is 14.2 Å². The third-order valence-electron chi connectivity index (χ3n) is 4.24. The smallest absolute Gasteiger partial charge is 0.416 e. The van der Waals surface area contributed by atoms with E-state index in [0.717, 1.165) is 30.4 Å². The first-order valence-electron chi connectivity index (χ1n) is 8.74. The van der Waals surface area contributed by atoms with Gasteiger partial charge in [-0.25, -0.2) is 0 Å². The van der Waals surface area contributed by atoms with Crippen molar-refractivity contribution in [2.45, 2.75) is 31.5 Å². The van der Waals surface area contributed by atoms with Crippen molar-refractivity contribution >= 4 is 17.9 Å². The Morgan fingerprint density at radius 1 is 1.14 bits per heavy atom. The number of hydrogen-bond acceptors (Lipinski definition) is 4. The second kappa shape index (κ2) is 8.73. The van der Waals surface area contributed by atoms with Gasteiger partial charge >= 0.3 is 6.18 Å². The second-order valence-electron chi connectivity index (χ2n) is 6.29. The van der Waals surface area contributed by atoms with Crippen LogP contribution in [-0.2, 0) is 17.4 Å². The van der Waals surface area contributed by atoms with Gasteiger partial charge in [0.2, 0.25) is 0 Å². The van der Waals surface area contributed by atoms with Crippen molar-refractivity contribution in [2.75, 3.05) is 13.2 Å². The Bertz CT molecular complexity index is 839. The fourth-order valence-electron chi connectivity index (χ4n) is 2.78. The fourth-order valence-corrected chi connectivity index (χ4v) is 3.02. The number of ether oxygens (including phenoxy) is 3. The number of aldehydes is 1. The lowest BCUT2D eigenvalue weighted by molar-refractivity contribution is -0.137. The zero-order valence-electron chi connectivity index (χ0n) is 14.8. The number of alkyl halides is 3. The molecule has 0 saturated heterocycles. The minimum atomic E-state index is -4.44. The highest BCUT2D eigenvalue weighted by Crippen LogP contribution is 2.35. The second-order valence-corrected chi connectivity index (χ2v) is 6.70. The van der Waals surface area contributed by atoms with Gasteiger partial charge in [0.1, 0.15) is 17.2 Å². The number of carbonyl (C=O) groups is 1. The summed E-state index contributed by atoms with van der Waals surface area (Å²) < 4.78 is 54.5. The summed E-state index contributed by atoms with van der Waals surface area (Å²) in [4.78, 5) is 10.9. The first-order valence-corrected chi connectivity index (χ1v) is 9.12. The predicted molar refractivity (Wildman–Crippen MR) is 97.3 cm³/mol. The number of rotatable bonds is 7. The van der Waals surface area contributed by atoms with Gasteiger partial charge in [0.05, 0.1) is 23.8 Å². The Balaban J connectivity index is 1.46. The minimum absolute atomic E-state index is 0.0905. The summed E-state index contributed by atoms with van der Waals surface area (Å²) in [5.74, 6) is 1.45. The molecule has 8 heteroatoms. The molecule has 0 bridgehead atoms. The lowest BCUT2D eigenvalue weighted by atomic mass is 10.0. The Morgan fingerprint density at radius 3 is 2.64 bits per heavy atom. The van der Waals surface area contributed by atoms with E-state index in [-0.39, 0.29) is 17.4 Å². The Morgan fingerprint density at radius 2 is 1.93 bits per heavy atom. The molecule has 1 heterocycles. The first-order chi connectivity index (χ1) is 13.4. The van der Waals surface area contributed by atoms with Crippen LogP contribution in [0.5, 0.6) is 17.2 Å². The average molecular weight is 415 g/mol. The third-order valence-corrected chi connectivity index (χ3v) is 4.54. The summed E-state index contributed by atoms with van der Waals surface area (Å²) in [6.45, 7) is 0.577. The van der Waals surface area contributed by atoms with Gasteiger partial charge in [-0.15, -0.1) is 0 Å². The molecule has 2 aromatic carbocycles.